The average molecular weight is 348 g/mol. The smallest absolute Gasteiger partial charge is 0.277 e. The zero-order valence-electron chi connectivity index (χ0n) is 14.7. The lowest BCUT2D eigenvalue weighted by atomic mass is 10.0. The summed E-state index contributed by atoms with van der Waals surface area (Å²) < 4.78 is 10.7. The van der Waals surface area contributed by atoms with Crippen molar-refractivity contribution >= 4 is 22.4 Å². The second-order valence-corrected chi connectivity index (χ2v) is 5.70. The van der Waals surface area contributed by atoms with E-state index in [9.17, 15) is 4.79 Å². The Balaban J connectivity index is 1.66. The van der Waals surface area contributed by atoms with Gasteiger partial charge >= 0.3 is 0 Å². The molecule has 1 N–H and O–H groups in total. The first kappa shape index (κ1) is 17.5. The number of carbonyl (C=O) groups excluding carboxylic acids is 1. The number of ether oxygens (including phenoxy) is 2. The van der Waals surface area contributed by atoms with E-state index < -0.39 is 0 Å². The number of benzene rings is 3. The van der Waals surface area contributed by atoms with Crippen LogP contribution in [0.25, 0.3) is 10.8 Å². The number of fused-ring (bicyclic) bond motifs is 1. The van der Waals surface area contributed by atoms with Gasteiger partial charge in [0.05, 0.1) is 12.8 Å². The predicted octanol–water partition coefficient (Wildman–Crippen LogP) is 3.77. The van der Waals surface area contributed by atoms with Crippen LogP contribution in [0.15, 0.2) is 71.8 Å². The number of amides is 1. The molecule has 0 aliphatic heterocycles. The van der Waals surface area contributed by atoms with Gasteiger partial charge in [-0.15, -0.1) is 0 Å². The largest absolute Gasteiger partial charge is 0.493 e. The molecule has 3 aromatic carbocycles. The van der Waals surface area contributed by atoms with Gasteiger partial charge in [0.15, 0.2) is 18.1 Å². The first-order valence-electron chi connectivity index (χ1n) is 8.26. The molecule has 132 valence electrons. The molecule has 0 radical (unpaired) electrons. The van der Waals surface area contributed by atoms with Gasteiger partial charge < -0.3 is 9.47 Å². The fourth-order valence-corrected chi connectivity index (χ4v) is 2.66. The third kappa shape index (κ3) is 4.00. The summed E-state index contributed by atoms with van der Waals surface area (Å²) >= 11 is 0. The van der Waals surface area contributed by atoms with E-state index in [4.69, 9.17) is 9.47 Å². The molecular weight excluding hydrogens is 328 g/mol. The monoisotopic (exact) mass is 348 g/mol. The maximum absolute atomic E-state index is 12.0. The lowest BCUT2D eigenvalue weighted by Gasteiger charge is -2.10. The minimum Gasteiger partial charge on any atom is -0.493 e. The highest BCUT2D eigenvalue weighted by molar-refractivity contribution is 6.09. The molecule has 0 fully saturated rings. The topological polar surface area (TPSA) is 59.9 Å². The first-order chi connectivity index (χ1) is 12.7. The zero-order chi connectivity index (χ0) is 18.4. The number of rotatable bonds is 6. The molecule has 0 unspecified atom stereocenters. The third-order valence-electron chi connectivity index (χ3n) is 3.96. The van der Waals surface area contributed by atoms with Crippen molar-refractivity contribution in [2.45, 2.75) is 6.92 Å². The number of hydrazone groups is 1. The van der Waals surface area contributed by atoms with Crippen molar-refractivity contribution < 1.29 is 14.3 Å². The van der Waals surface area contributed by atoms with Crippen LogP contribution in [-0.4, -0.2) is 25.3 Å². The summed E-state index contributed by atoms with van der Waals surface area (Å²) in [5.41, 5.74) is 4.25. The number of nitrogens with zero attached hydrogens (tertiary/aromatic N) is 1. The van der Waals surface area contributed by atoms with E-state index in [0.29, 0.717) is 11.5 Å². The van der Waals surface area contributed by atoms with Gasteiger partial charge in [-0.05, 0) is 29.8 Å². The molecule has 26 heavy (non-hydrogen) atoms. The van der Waals surface area contributed by atoms with Crippen LogP contribution in [0, 0.1) is 0 Å². The number of methoxy groups -OCH3 is 1. The first-order valence-corrected chi connectivity index (χ1v) is 8.26. The molecular formula is C21H20N2O3. The Morgan fingerprint density at radius 1 is 0.962 bits per heavy atom. The van der Waals surface area contributed by atoms with Crippen LogP contribution < -0.4 is 14.9 Å². The summed E-state index contributed by atoms with van der Waals surface area (Å²) in [6.45, 7) is 1.72. The van der Waals surface area contributed by atoms with E-state index in [1.54, 1.807) is 19.2 Å². The number of hydrogen-bond donors (Lipinski definition) is 1. The normalized spacial score (nSPS) is 11.2. The van der Waals surface area contributed by atoms with Crippen LogP contribution in [0.2, 0.25) is 0 Å². The van der Waals surface area contributed by atoms with Crippen molar-refractivity contribution in [1.29, 1.82) is 0 Å². The van der Waals surface area contributed by atoms with Crippen LogP contribution in [-0.2, 0) is 4.79 Å². The van der Waals surface area contributed by atoms with E-state index in [2.05, 4.69) is 10.5 Å². The predicted molar refractivity (Wildman–Crippen MR) is 103 cm³/mol. The van der Waals surface area contributed by atoms with Crippen molar-refractivity contribution in [2.75, 3.05) is 13.7 Å². The van der Waals surface area contributed by atoms with Crippen LogP contribution in [0.3, 0.4) is 0 Å². The highest BCUT2D eigenvalue weighted by Gasteiger charge is 2.07. The molecule has 0 saturated heterocycles. The minimum absolute atomic E-state index is 0.146. The third-order valence-corrected chi connectivity index (χ3v) is 3.96. The maximum atomic E-state index is 12.0. The Morgan fingerprint density at radius 3 is 2.46 bits per heavy atom. The van der Waals surface area contributed by atoms with E-state index in [1.165, 1.54) is 0 Å². The minimum atomic E-state index is -0.338. The Bertz CT molecular complexity index is 945. The summed E-state index contributed by atoms with van der Waals surface area (Å²) in [7, 11) is 1.56. The molecule has 0 aliphatic carbocycles. The maximum Gasteiger partial charge on any atom is 0.277 e. The quantitative estimate of drug-likeness (QED) is 0.545. The highest BCUT2D eigenvalue weighted by atomic mass is 16.5. The fraction of sp³-hybridized carbons (Fsp3) is 0.143. The molecule has 0 spiro atoms. The summed E-state index contributed by atoms with van der Waals surface area (Å²) in [5.74, 6) is 0.756. The van der Waals surface area contributed by atoms with Crippen LogP contribution in [0.1, 0.15) is 12.5 Å². The van der Waals surface area contributed by atoms with Gasteiger partial charge in [-0.2, -0.15) is 5.10 Å². The second kappa shape index (κ2) is 8.16. The van der Waals surface area contributed by atoms with Gasteiger partial charge in [0, 0.05) is 5.56 Å². The molecule has 0 heterocycles. The van der Waals surface area contributed by atoms with Crippen molar-refractivity contribution in [3.63, 3.8) is 0 Å². The van der Waals surface area contributed by atoms with Crippen molar-refractivity contribution in [3.8, 4) is 11.5 Å². The fourth-order valence-electron chi connectivity index (χ4n) is 2.66. The lowest BCUT2D eigenvalue weighted by Crippen LogP contribution is -2.25. The molecule has 1 amide bonds. The van der Waals surface area contributed by atoms with Gasteiger partial charge in [-0.3, -0.25) is 4.79 Å². The van der Waals surface area contributed by atoms with Crippen LogP contribution in [0.4, 0.5) is 0 Å². The van der Waals surface area contributed by atoms with Gasteiger partial charge in [0.1, 0.15) is 0 Å². The molecule has 0 saturated carbocycles. The van der Waals surface area contributed by atoms with Gasteiger partial charge in [0.25, 0.3) is 5.91 Å². The number of hydrogen-bond acceptors (Lipinski definition) is 4. The molecule has 0 atom stereocenters. The van der Waals surface area contributed by atoms with Crippen molar-refractivity contribution in [3.05, 3.63) is 72.3 Å². The standard InChI is InChI=1S/C21H20N2O3/c1-15(17-11-7-9-16-8-3-4-10-18(16)17)22-23-21(24)14-26-20-13-6-5-12-19(20)25-2/h3-13H,14H2,1-2H3,(H,23,24)/b22-15+. The van der Waals surface area contributed by atoms with Crippen molar-refractivity contribution in [1.82, 2.24) is 5.43 Å². The molecule has 0 aliphatic rings. The van der Waals surface area contributed by atoms with E-state index in [-0.39, 0.29) is 12.5 Å². The SMILES string of the molecule is COc1ccccc1OCC(=O)N/N=C(\C)c1cccc2ccccc12. The summed E-state index contributed by atoms with van der Waals surface area (Å²) in [4.78, 5) is 12.0. The lowest BCUT2D eigenvalue weighted by molar-refractivity contribution is -0.123. The molecule has 3 rings (SSSR count). The Morgan fingerprint density at radius 2 is 1.65 bits per heavy atom. The highest BCUT2D eigenvalue weighted by Crippen LogP contribution is 2.25. The summed E-state index contributed by atoms with van der Waals surface area (Å²) in [5, 5.41) is 6.43. The molecule has 0 aromatic heterocycles. The van der Waals surface area contributed by atoms with Gasteiger partial charge in [-0.25, -0.2) is 5.43 Å². The van der Waals surface area contributed by atoms with Gasteiger partial charge in [-0.1, -0.05) is 54.6 Å². The molecule has 0 bridgehead atoms. The Kier molecular flexibility index (Phi) is 5.49. The summed E-state index contributed by atoms with van der Waals surface area (Å²) in [6.07, 6.45) is 0. The van der Waals surface area contributed by atoms with Crippen LogP contribution >= 0.6 is 0 Å². The van der Waals surface area contributed by atoms with E-state index in [1.807, 2.05) is 61.5 Å². The van der Waals surface area contributed by atoms with E-state index in [0.717, 1.165) is 22.0 Å². The summed E-state index contributed by atoms with van der Waals surface area (Å²) in [6, 6.07) is 21.2. The number of para-hydroxylation sites is 2. The molecule has 3 aromatic rings. The zero-order valence-corrected chi connectivity index (χ0v) is 14.7. The second-order valence-electron chi connectivity index (χ2n) is 5.70. The van der Waals surface area contributed by atoms with Crippen LogP contribution in [0.5, 0.6) is 11.5 Å². The molecule has 5 heteroatoms. The van der Waals surface area contributed by atoms with Crippen molar-refractivity contribution in [2.24, 2.45) is 5.10 Å². The average Bonchev–Trinajstić information content (AvgIpc) is 2.70. The molecule has 5 nitrogen and oxygen atoms in total. The Labute approximate surface area is 152 Å². The van der Waals surface area contributed by atoms with Gasteiger partial charge in [0.2, 0.25) is 0 Å². The van der Waals surface area contributed by atoms with E-state index >= 15 is 0 Å². The number of carbonyl (C=O) groups is 1. The number of nitrogens with one attached hydrogen (secondary N) is 1. The Hall–Kier alpha value is -3.34.